The van der Waals surface area contributed by atoms with Crippen molar-refractivity contribution in [3.63, 3.8) is 0 Å². The molecule has 0 aromatic rings. The Bertz CT molecular complexity index is 202. The zero-order valence-electron chi connectivity index (χ0n) is 15.2. The lowest BCUT2D eigenvalue weighted by Crippen LogP contribution is -2.53. The average molecular weight is 286 g/mol. The third-order valence-electron chi connectivity index (χ3n) is 4.28. The SMILES string of the molecule is CC.CC.CC(C)N1CCC(N2CCN(C)CC2)CC1. The van der Waals surface area contributed by atoms with E-state index < -0.39 is 0 Å². The monoisotopic (exact) mass is 285 g/mol. The van der Waals surface area contributed by atoms with Crippen molar-refractivity contribution < 1.29 is 0 Å². The molecule has 3 heteroatoms. The molecule has 0 amide bonds. The molecule has 3 nitrogen and oxygen atoms in total. The highest BCUT2D eigenvalue weighted by atomic mass is 15.3. The van der Waals surface area contributed by atoms with Gasteiger partial charge in [-0.1, -0.05) is 27.7 Å². The Kier molecular flexibility index (Phi) is 11.5. The van der Waals surface area contributed by atoms with Gasteiger partial charge in [-0.25, -0.2) is 0 Å². The molecular formula is C17H39N3. The molecule has 0 aliphatic carbocycles. The van der Waals surface area contributed by atoms with E-state index in [0.29, 0.717) is 0 Å². The van der Waals surface area contributed by atoms with Gasteiger partial charge in [-0.3, -0.25) is 4.90 Å². The molecule has 0 aromatic heterocycles. The van der Waals surface area contributed by atoms with Crippen molar-refractivity contribution in [2.75, 3.05) is 46.3 Å². The predicted molar refractivity (Wildman–Crippen MR) is 91.5 cm³/mol. The fourth-order valence-electron chi connectivity index (χ4n) is 2.95. The summed E-state index contributed by atoms with van der Waals surface area (Å²) in [5.74, 6) is 0. The van der Waals surface area contributed by atoms with Gasteiger partial charge in [-0.2, -0.15) is 0 Å². The van der Waals surface area contributed by atoms with Crippen LogP contribution < -0.4 is 0 Å². The third kappa shape index (κ3) is 6.55. The van der Waals surface area contributed by atoms with Gasteiger partial charge in [-0.05, 0) is 46.8 Å². The van der Waals surface area contributed by atoms with E-state index in [1.165, 1.54) is 52.1 Å². The first kappa shape index (κ1) is 19.9. The number of likely N-dealkylation sites (tertiary alicyclic amines) is 1. The summed E-state index contributed by atoms with van der Waals surface area (Å²) in [6.07, 6.45) is 2.75. The van der Waals surface area contributed by atoms with Crippen molar-refractivity contribution in [3.8, 4) is 0 Å². The van der Waals surface area contributed by atoms with Crippen LogP contribution in [0.5, 0.6) is 0 Å². The van der Waals surface area contributed by atoms with Gasteiger partial charge < -0.3 is 9.80 Å². The maximum absolute atomic E-state index is 2.72. The third-order valence-corrected chi connectivity index (χ3v) is 4.28. The van der Waals surface area contributed by atoms with E-state index in [-0.39, 0.29) is 0 Å². The number of hydrogen-bond acceptors (Lipinski definition) is 3. The van der Waals surface area contributed by atoms with Crippen LogP contribution in [-0.4, -0.2) is 73.1 Å². The van der Waals surface area contributed by atoms with E-state index in [1.807, 2.05) is 27.7 Å². The number of hydrogen-bond donors (Lipinski definition) is 0. The first-order valence-electron chi connectivity index (χ1n) is 8.83. The Morgan fingerprint density at radius 3 is 1.60 bits per heavy atom. The second-order valence-corrected chi connectivity index (χ2v) is 5.70. The summed E-state index contributed by atoms with van der Waals surface area (Å²) >= 11 is 0. The maximum Gasteiger partial charge on any atom is 0.0121 e. The van der Waals surface area contributed by atoms with E-state index in [0.717, 1.165) is 12.1 Å². The molecule has 0 unspecified atom stereocenters. The minimum absolute atomic E-state index is 0.730. The van der Waals surface area contributed by atoms with Gasteiger partial charge in [0.25, 0.3) is 0 Å². The molecule has 2 heterocycles. The van der Waals surface area contributed by atoms with Crippen LogP contribution in [0.25, 0.3) is 0 Å². The van der Waals surface area contributed by atoms with Crippen LogP contribution in [0, 0.1) is 0 Å². The Balaban J connectivity index is 0.000000829. The molecule has 0 atom stereocenters. The van der Waals surface area contributed by atoms with Crippen LogP contribution in [0.3, 0.4) is 0 Å². The van der Waals surface area contributed by atoms with E-state index in [1.54, 1.807) is 0 Å². The topological polar surface area (TPSA) is 9.72 Å². The number of rotatable bonds is 2. The molecule has 20 heavy (non-hydrogen) atoms. The Morgan fingerprint density at radius 2 is 1.20 bits per heavy atom. The van der Waals surface area contributed by atoms with Gasteiger partial charge in [0, 0.05) is 38.3 Å². The summed E-state index contributed by atoms with van der Waals surface area (Å²) in [5, 5.41) is 0. The minimum Gasteiger partial charge on any atom is -0.304 e. The highest BCUT2D eigenvalue weighted by molar-refractivity contribution is 4.83. The van der Waals surface area contributed by atoms with Crippen molar-refractivity contribution in [1.82, 2.24) is 14.7 Å². The second-order valence-electron chi connectivity index (χ2n) is 5.70. The summed E-state index contributed by atoms with van der Waals surface area (Å²) in [4.78, 5) is 7.78. The van der Waals surface area contributed by atoms with Gasteiger partial charge >= 0.3 is 0 Å². The summed E-state index contributed by atoms with van der Waals surface area (Å²) in [5.41, 5.74) is 0. The quantitative estimate of drug-likeness (QED) is 0.771. The fourth-order valence-corrected chi connectivity index (χ4v) is 2.95. The smallest absolute Gasteiger partial charge is 0.0121 e. The lowest BCUT2D eigenvalue weighted by Gasteiger charge is -2.43. The Labute approximate surface area is 128 Å². The molecule has 2 saturated heterocycles. The summed E-state index contributed by atoms with van der Waals surface area (Å²) in [6, 6.07) is 1.59. The van der Waals surface area contributed by atoms with E-state index in [4.69, 9.17) is 0 Å². The zero-order valence-corrected chi connectivity index (χ0v) is 15.2. The molecule has 2 aliphatic rings. The van der Waals surface area contributed by atoms with Crippen LogP contribution in [0.15, 0.2) is 0 Å². The lowest BCUT2D eigenvalue weighted by molar-refractivity contribution is 0.0592. The molecule has 0 saturated carbocycles. The van der Waals surface area contributed by atoms with Gasteiger partial charge in [-0.15, -0.1) is 0 Å². The van der Waals surface area contributed by atoms with E-state index in [9.17, 15) is 0 Å². The lowest BCUT2D eigenvalue weighted by atomic mass is 10.0. The molecule has 2 aliphatic heterocycles. The fraction of sp³-hybridized carbons (Fsp3) is 1.00. The Hall–Kier alpha value is -0.120. The van der Waals surface area contributed by atoms with Gasteiger partial charge in [0.1, 0.15) is 0 Å². The van der Waals surface area contributed by atoms with Crippen molar-refractivity contribution in [3.05, 3.63) is 0 Å². The van der Waals surface area contributed by atoms with Gasteiger partial charge in [0.15, 0.2) is 0 Å². The normalized spacial score (nSPS) is 22.8. The molecule has 122 valence electrons. The van der Waals surface area contributed by atoms with E-state index in [2.05, 4.69) is 35.6 Å². The molecule has 0 spiro atoms. The molecule has 2 fully saturated rings. The van der Waals surface area contributed by atoms with E-state index >= 15 is 0 Å². The minimum atomic E-state index is 0.730. The summed E-state index contributed by atoms with van der Waals surface area (Å²) < 4.78 is 0. The number of nitrogens with zero attached hydrogens (tertiary/aromatic N) is 3. The molecule has 0 aromatic carbocycles. The maximum atomic E-state index is 2.72. The summed E-state index contributed by atoms with van der Waals surface area (Å²) in [7, 11) is 2.23. The molecular weight excluding hydrogens is 246 g/mol. The largest absolute Gasteiger partial charge is 0.304 e. The highest BCUT2D eigenvalue weighted by Gasteiger charge is 2.27. The van der Waals surface area contributed by atoms with Crippen LogP contribution in [0.4, 0.5) is 0 Å². The van der Waals surface area contributed by atoms with Crippen LogP contribution in [-0.2, 0) is 0 Å². The van der Waals surface area contributed by atoms with Crippen molar-refractivity contribution in [2.24, 2.45) is 0 Å². The second kappa shape index (κ2) is 11.5. The summed E-state index contributed by atoms with van der Waals surface area (Å²) in [6.45, 7) is 20.3. The predicted octanol–water partition coefficient (Wildman–Crippen LogP) is 3.16. The molecule has 0 bridgehead atoms. The average Bonchev–Trinajstić information content (AvgIpc) is 2.52. The van der Waals surface area contributed by atoms with Crippen LogP contribution in [0.2, 0.25) is 0 Å². The highest BCUT2D eigenvalue weighted by Crippen LogP contribution is 2.19. The zero-order chi connectivity index (χ0) is 15.5. The van der Waals surface area contributed by atoms with Crippen LogP contribution >= 0.6 is 0 Å². The number of likely N-dealkylation sites (N-methyl/N-ethyl adjacent to an activating group) is 1. The van der Waals surface area contributed by atoms with Crippen molar-refractivity contribution in [1.29, 1.82) is 0 Å². The van der Waals surface area contributed by atoms with Crippen molar-refractivity contribution >= 4 is 0 Å². The number of piperazine rings is 1. The molecule has 0 radical (unpaired) electrons. The Morgan fingerprint density at radius 1 is 0.750 bits per heavy atom. The van der Waals surface area contributed by atoms with Gasteiger partial charge in [0.05, 0.1) is 0 Å². The first-order valence-corrected chi connectivity index (χ1v) is 8.83. The van der Waals surface area contributed by atoms with Gasteiger partial charge in [0.2, 0.25) is 0 Å². The standard InChI is InChI=1S/C13H27N3.2C2H6/c1-12(2)15-6-4-13(5-7-15)16-10-8-14(3)9-11-16;2*1-2/h12-13H,4-11H2,1-3H3;2*1-2H3. The number of piperidine rings is 1. The molecule has 2 rings (SSSR count). The van der Waals surface area contributed by atoms with Crippen molar-refractivity contribution in [2.45, 2.75) is 66.5 Å². The molecule has 0 N–H and O–H groups in total. The first-order chi connectivity index (χ1) is 9.66. The van der Waals surface area contributed by atoms with Crippen LogP contribution in [0.1, 0.15) is 54.4 Å².